The van der Waals surface area contributed by atoms with Crippen molar-refractivity contribution >= 4 is 0 Å². The van der Waals surface area contributed by atoms with E-state index in [1.165, 1.54) is 5.56 Å². The molecule has 1 aromatic rings. The molecular weight excluding hydrogens is 208 g/mol. The van der Waals surface area contributed by atoms with Crippen molar-refractivity contribution in [2.24, 2.45) is 0 Å². The Morgan fingerprint density at radius 2 is 1.94 bits per heavy atom. The van der Waals surface area contributed by atoms with Crippen LogP contribution < -0.4 is 5.32 Å². The summed E-state index contributed by atoms with van der Waals surface area (Å²) in [5, 5.41) is 12.4. The summed E-state index contributed by atoms with van der Waals surface area (Å²) in [5.41, 5.74) is 1.32. The summed E-state index contributed by atoms with van der Waals surface area (Å²) < 4.78 is 0. The van der Waals surface area contributed by atoms with Gasteiger partial charge in [-0.3, -0.25) is 0 Å². The Morgan fingerprint density at radius 3 is 2.47 bits per heavy atom. The molecule has 2 unspecified atom stereocenters. The van der Waals surface area contributed by atoms with Gasteiger partial charge in [-0.05, 0) is 18.4 Å². The normalized spacial score (nSPS) is 13.9. The van der Waals surface area contributed by atoms with Gasteiger partial charge in [-0.15, -0.1) is 0 Å². The van der Waals surface area contributed by atoms with Crippen LogP contribution in [0, 0.1) is 11.3 Å². The van der Waals surface area contributed by atoms with Crippen molar-refractivity contribution in [2.75, 3.05) is 0 Å². The van der Waals surface area contributed by atoms with E-state index < -0.39 is 0 Å². The van der Waals surface area contributed by atoms with Gasteiger partial charge in [0, 0.05) is 12.1 Å². The van der Waals surface area contributed by atoms with Gasteiger partial charge >= 0.3 is 0 Å². The standard InChI is InChI=1S/C15H22N2/c1-3-8-15(13-9-6-5-7-10-13)17-14(4-2)11-12-16/h5-7,9-10,14-15,17H,3-4,8,11H2,1-2H3. The topological polar surface area (TPSA) is 35.8 Å². The molecule has 1 aromatic carbocycles. The number of benzene rings is 1. The smallest absolute Gasteiger partial charge is 0.0638 e. The summed E-state index contributed by atoms with van der Waals surface area (Å²) in [6, 6.07) is 13.4. The first kappa shape index (κ1) is 13.7. The third kappa shape index (κ3) is 4.58. The molecule has 0 aliphatic carbocycles. The van der Waals surface area contributed by atoms with Crippen molar-refractivity contribution < 1.29 is 0 Å². The summed E-state index contributed by atoms with van der Waals surface area (Å²) in [7, 11) is 0. The number of hydrogen-bond donors (Lipinski definition) is 1. The van der Waals surface area contributed by atoms with Gasteiger partial charge < -0.3 is 5.32 Å². The maximum absolute atomic E-state index is 8.79. The minimum atomic E-state index is 0.303. The van der Waals surface area contributed by atoms with E-state index in [-0.39, 0.29) is 0 Å². The summed E-state index contributed by atoms with van der Waals surface area (Å²) >= 11 is 0. The molecule has 0 aromatic heterocycles. The lowest BCUT2D eigenvalue weighted by molar-refractivity contribution is 0.407. The molecule has 2 nitrogen and oxygen atoms in total. The highest BCUT2D eigenvalue weighted by Crippen LogP contribution is 2.19. The molecule has 2 heteroatoms. The molecule has 0 fully saturated rings. The lowest BCUT2D eigenvalue weighted by Crippen LogP contribution is -2.32. The predicted octanol–water partition coefficient (Wildman–Crippen LogP) is 3.81. The quantitative estimate of drug-likeness (QED) is 0.773. The highest BCUT2D eigenvalue weighted by Gasteiger charge is 2.14. The van der Waals surface area contributed by atoms with E-state index in [1.54, 1.807) is 0 Å². The second-order valence-corrected chi connectivity index (χ2v) is 4.39. The molecule has 0 saturated heterocycles. The van der Waals surface area contributed by atoms with Crippen molar-refractivity contribution in [2.45, 2.75) is 51.6 Å². The van der Waals surface area contributed by atoms with Gasteiger partial charge in [0.15, 0.2) is 0 Å². The Bertz CT molecular complexity index is 340. The van der Waals surface area contributed by atoms with Gasteiger partial charge in [-0.1, -0.05) is 50.6 Å². The van der Waals surface area contributed by atoms with Crippen molar-refractivity contribution in [3.63, 3.8) is 0 Å². The van der Waals surface area contributed by atoms with E-state index in [0.29, 0.717) is 18.5 Å². The molecule has 1 rings (SSSR count). The van der Waals surface area contributed by atoms with Crippen molar-refractivity contribution in [3.05, 3.63) is 35.9 Å². The maximum Gasteiger partial charge on any atom is 0.0638 e. The van der Waals surface area contributed by atoms with Gasteiger partial charge in [-0.2, -0.15) is 5.26 Å². The van der Waals surface area contributed by atoms with Crippen LogP contribution in [0.4, 0.5) is 0 Å². The Balaban J connectivity index is 2.69. The van der Waals surface area contributed by atoms with Crippen LogP contribution in [-0.4, -0.2) is 6.04 Å². The lowest BCUT2D eigenvalue weighted by atomic mass is 10.00. The summed E-state index contributed by atoms with van der Waals surface area (Å²) in [6.45, 7) is 4.33. The van der Waals surface area contributed by atoms with Crippen LogP contribution in [0.25, 0.3) is 0 Å². The Kier molecular flexibility index (Phi) is 6.35. The minimum Gasteiger partial charge on any atom is -0.306 e. The number of nitriles is 1. The minimum absolute atomic E-state index is 0.303. The fraction of sp³-hybridized carbons (Fsp3) is 0.533. The van der Waals surface area contributed by atoms with E-state index in [1.807, 2.05) is 6.07 Å². The molecule has 1 N–H and O–H groups in total. The van der Waals surface area contributed by atoms with Crippen molar-refractivity contribution in [1.29, 1.82) is 5.26 Å². The molecule has 2 atom stereocenters. The highest BCUT2D eigenvalue weighted by molar-refractivity contribution is 5.19. The van der Waals surface area contributed by atoms with Gasteiger partial charge in [0.1, 0.15) is 0 Å². The lowest BCUT2D eigenvalue weighted by Gasteiger charge is -2.23. The van der Waals surface area contributed by atoms with E-state index in [4.69, 9.17) is 5.26 Å². The monoisotopic (exact) mass is 230 g/mol. The Hall–Kier alpha value is -1.33. The molecule has 0 bridgehead atoms. The third-order valence-corrected chi connectivity index (χ3v) is 3.05. The molecule has 0 saturated carbocycles. The zero-order chi connectivity index (χ0) is 12.5. The molecule has 0 spiro atoms. The van der Waals surface area contributed by atoms with Crippen LogP contribution in [-0.2, 0) is 0 Å². The van der Waals surface area contributed by atoms with E-state index in [0.717, 1.165) is 19.3 Å². The Labute approximate surface area is 105 Å². The molecular formula is C15H22N2. The summed E-state index contributed by atoms with van der Waals surface area (Å²) in [4.78, 5) is 0. The van der Waals surface area contributed by atoms with E-state index >= 15 is 0 Å². The largest absolute Gasteiger partial charge is 0.306 e. The van der Waals surface area contributed by atoms with Gasteiger partial charge in [-0.25, -0.2) is 0 Å². The fourth-order valence-electron chi connectivity index (χ4n) is 2.04. The van der Waals surface area contributed by atoms with Gasteiger partial charge in [0.25, 0.3) is 0 Å². The first-order valence-electron chi connectivity index (χ1n) is 6.49. The van der Waals surface area contributed by atoms with E-state index in [2.05, 4.69) is 49.5 Å². The van der Waals surface area contributed by atoms with Gasteiger partial charge in [0.05, 0.1) is 12.5 Å². The third-order valence-electron chi connectivity index (χ3n) is 3.05. The van der Waals surface area contributed by atoms with Crippen LogP contribution in [0.15, 0.2) is 30.3 Å². The molecule has 0 amide bonds. The zero-order valence-corrected chi connectivity index (χ0v) is 10.8. The Morgan fingerprint density at radius 1 is 1.24 bits per heavy atom. The summed E-state index contributed by atoms with van der Waals surface area (Å²) in [5.74, 6) is 0. The molecule has 17 heavy (non-hydrogen) atoms. The van der Waals surface area contributed by atoms with Crippen molar-refractivity contribution in [1.82, 2.24) is 5.32 Å². The maximum atomic E-state index is 8.79. The van der Waals surface area contributed by atoms with Crippen LogP contribution in [0.1, 0.15) is 51.1 Å². The van der Waals surface area contributed by atoms with Crippen LogP contribution in [0.2, 0.25) is 0 Å². The second kappa shape index (κ2) is 7.86. The fourth-order valence-corrected chi connectivity index (χ4v) is 2.04. The van der Waals surface area contributed by atoms with Crippen molar-refractivity contribution in [3.8, 4) is 6.07 Å². The molecule has 0 radical (unpaired) electrons. The molecule has 0 aliphatic rings. The number of hydrogen-bond acceptors (Lipinski definition) is 2. The van der Waals surface area contributed by atoms with E-state index in [9.17, 15) is 0 Å². The number of nitrogens with one attached hydrogen (secondary N) is 1. The molecule has 92 valence electrons. The highest BCUT2D eigenvalue weighted by atomic mass is 14.9. The van der Waals surface area contributed by atoms with Crippen LogP contribution in [0.5, 0.6) is 0 Å². The molecule has 0 aliphatic heterocycles. The average Bonchev–Trinajstić information content (AvgIpc) is 2.38. The van der Waals surface area contributed by atoms with Crippen LogP contribution in [0.3, 0.4) is 0 Å². The SMILES string of the molecule is CCCC(NC(CC)CC#N)c1ccccc1. The average molecular weight is 230 g/mol. The van der Waals surface area contributed by atoms with Gasteiger partial charge in [0.2, 0.25) is 0 Å². The summed E-state index contributed by atoms with van der Waals surface area (Å²) in [6.07, 6.45) is 3.85. The first-order valence-corrected chi connectivity index (χ1v) is 6.49. The number of nitrogens with zero attached hydrogens (tertiary/aromatic N) is 1. The first-order chi connectivity index (χ1) is 8.31. The zero-order valence-electron chi connectivity index (χ0n) is 10.8. The molecule has 0 heterocycles. The predicted molar refractivity (Wildman–Crippen MR) is 71.5 cm³/mol. The second-order valence-electron chi connectivity index (χ2n) is 4.39. The van der Waals surface area contributed by atoms with Crippen LogP contribution >= 0.6 is 0 Å². The number of rotatable bonds is 7.